The van der Waals surface area contributed by atoms with Gasteiger partial charge in [-0.2, -0.15) is 0 Å². The molecule has 0 aliphatic heterocycles. The highest BCUT2D eigenvalue weighted by Crippen LogP contribution is 2.49. The molecule has 0 radical (unpaired) electrons. The summed E-state index contributed by atoms with van der Waals surface area (Å²) < 4.78 is 1.02. The van der Waals surface area contributed by atoms with Crippen LogP contribution in [0.25, 0.3) is 0 Å². The van der Waals surface area contributed by atoms with Crippen LogP contribution in [0.15, 0.2) is 58.2 Å². The molecule has 0 bridgehead atoms. The lowest BCUT2D eigenvalue weighted by atomic mass is 10.0. The Labute approximate surface area is 131 Å². The van der Waals surface area contributed by atoms with Crippen molar-refractivity contribution in [2.24, 2.45) is 11.1 Å². The van der Waals surface area contributed by atoms with Gasteiger partial charge in [0.15, 0.2) is 0 Å². The molecule has 0 saturated heterocycles. The fourth-order valence-corrected chi connectivity index (χ4v) is 2.93. The molecule has 1 N–H and O–H groups in total. The van der Waals surface area contributed by atoms with Crippen molar-refractivity contribution in [2.75, 3.05) is 0 Å². The van der Waals surface area contributed by atoms with Gasteiger partial charge < -0.3 is 5.21 Å². The standard InChI is InChI=1S/C16H13BrClNO/c17-12-5-1-11(2-6-12)16(19-20)15-9-14(15)10-3-7-13(18)8-4-10/h1-8,14-15,20H,9H2/b19-16+. The minimum Gasteiger partial charge on any atom is -0.411 e. The molecule has 2 nitrogen and oxygen atoms in total. The van der Waals surface area contributed by atoms with E-state index in [9.17, 15) is 5.21 Å². The van der Waals surface area contributed by atoms with Gasteiger partial charge in [0.05, 0.1) is 5.71 Å². The van der Waals surface area contributed by atoms with Crippen LogP contribution in [-0.2, 0) is 0 Å². The van der Waals surface area contributed by atoms with Crippen molar-refractivity contribution in [3.05, 3.63) is 69.2 Å². The summed E-state index contributed by atoms with van der Waals surface area (Å²) in [5.41, 5.74) is 2.98. The molecule has 2 atom stereocenters. The number of rotatable bonds is 3. The largest absolute Gasteiger partial charge is 0.411 e. The minimum atomic E-state index is 0.280. The van der Waals surface area contributed by atoms with Gasteiger partial charge in [-0.15, -0.1) is 0 Å². The van der Waals surface area contributed by atoms with Gasteiger partial charge >= 0.3 is 0 Å². The number of halogens is 2. The molecule has 3 rings (SSSR count). The van der Waals surface area contributed by atoms with Crippen molar-refractivity contribution in [3.8, 4) is 0 Å². The molecule has 0 aromatic heterocycles. The van der Waals surface area contributed by atoms with E-state index in [-0.39, 0.29) is 5.92 Å². The van der Waals surface area contributed by atoms with E-state index in [4.69, 9.17) is 11.6 Å². The first-order chi connectivity index (χ1) is 9.69. The maximum absolute atomic E-state index is 9.32. The Hall–Kier alpha value is -1.32. The Morgan fingerprint density at radius 2 is 1.75 bits per heavy atom. The highest BCUT2D eigenvalue weighted by Gasteiger charge is 2.42. The summed E-state index contributed by atoms with van der Waals surface area (Å²) >= 11 is 9.32. The minimum absolute atomic E-state index is 0.280. The molecule has 20 heavy (non-hydrogen) atoms. The van der Waals surface area contributed by atoms with Crippen molar-refractivity contribution in [1.82, 2.24) is 0 Å². The van der Waals surface area contributed by atoms with Gasteiger partial charge in [0.1, 0.15) is 0 Å². The van der Waals surface area contributed by atoms with Gasteiger partial charge in [-0.05, 0) is 47.7 Å². The van der Waals surface area contributed by atoms with Crippen LogP contribution in [0, 0.1) is 5.92 Å². The molecular formula is C16H13BrClNO. The lowest BCUT2D eigenvalue weighted by molar-refractivity contribution is 0.317. The van der Waals surface area contributed by atoms with E-state index in [1.54, 1.807) is 0 Å². The van der Waals surface area contributed by atoms with Crippen LogP contribution in [0.5, 0.6) is 0 Å². The molecule has 0 heterocycles. The average Bonchev–Trinajstić information content (AvgIpc) is 3.23. The van der Waals surface area contributed by atoms with Crippen LogP contribution in [0.1, 0.15) is 23.5 Å². The zero-order chi connectivity index (χ0) is 14.1. The van der Waals surface area contributed by atoms with E-state index in [0.29, 0.717) is 5.92 Å². The monoisotopic (exact) mass is 349 g/mol. The molecule has 2 unspecified atom stereocenters. The van der Waals surface area contributed by atoms with E-state index in [1.165, 1.54) is 5.56 Å². The van der Waals surface area contributed by atoms with Gasteiger partial charge in [-0.1, -0.05) is 57.0 Å². The molecular weight excluding hydrogens is 338 g/mol. The number of hydrogen-bond donors (Lipinski definition) is 1. The van der Waals surface area contributed by atoms with Crippen molar-refractivity contribution in [3.63, 3.8) is 0 Å². The van der Waals surface area contributed by atoms with Crippen molar-refractivity contribution in [1.29, 1.82) is 0 Å². The molecule has 102 valence electrons. The molecule has 4 heteroatoms. The smallest absolute Gasteiger partial charge is 0.0904 e. The molecule has 2 aromatic carbocycles. The summed E-state index contributed by atoms with van der Waals surface area (Å²) in [6, 6.07) is 15.8. The number of nitrogens with zero attached hydrogens (tertiary/aromatic N) is 1. The molecule has 1 aliphatic carbocycles. The molecule has 2 aromatic rings. The SMILES string of the molecule is O/N=C(\c1ccc(Br)cc1)C1CC1c1ccc(Cl)cc1. The average molecular weight is 351 g/mol. The Morgan fingerprint density at radius 3 is 2.35 bits per heavy atom. The van der Waals surface area contributed by atoms with Crippen LogP contribution in [0.2, 0.25) is 5.02 Å². The summed E-state index contributed by atoms with van der Waals surface area (Å²) in [7, 11) is 0. The number of benzene rings is 2. The second-order valence-electron chi connectivity index (χ2n) is 4.99. The topological polar surface area (TPSA) is 32.6 Å². The molecule has 1 aliphatic rings. The molecule has 0 amide bonds. The first kappa shape index (κ1) is 13.7. The van der Waals surface area contributed by atoms with Gasteiger partial charge in [0.2, 0.25) is 0 Å². The highest BCUT2D eigenvalue weighted by molar-refractivity contribution is 9.10. The van der Waals surface area contributed by atoms with E-state index in [2.05, 4.69) is 21.1 Å². The Kier molecular flexibility index (Phi) is 3.81. The second-order valence-corrected chi connectivity index (χ2v) is 6.34. The summed E-state index contributed by atoms with van der Waals surface area (Å²) in [4.78, 5) is 0. The lowest BCUT2D eigenvalue weighted by Crippen LogP contribution is -2.05. The lowest BCUT2D eigenvalue weighted by Gasteiger charge is -2.05. The summed E-state index contributed by atoms with van der Waals surface area (Å²) in [5, 5.41) is 13.6. The van der Waals surface area contributed by atoms with E-state index in [0.717, 1.165) is 27.2 Å². The number of hydrogen-bond acceptors (Lipinski definition) is 2. The van der Waals surface area contributed by atoms with Crippen LogP contribution < -0.4 is 0 Å². The van der Waals surface area contributed by atoms with Gasteiger partial charge in [-0.3, -0.25) is 0 Å². The van der Waals surface area contributed by atoms with Crippen molar-refractivity contribution in [2.45, 2.75) is 12.3 Å². The number of oxime groups is 1. The van der Waals surface area contributed by atoms with Crippen LogP contribution >= 0.6 is 27.5 Å². The Balaban J connectivity index is 1.80. The van der Waals surface area contributed by atoms with Crippen molar-refractivity contribution >= 4 is 33.2 Å². The Morgan fingerprint density at radius 1 is 1.10 bits per heavy atom. The maximum atomic E-state index is 9.32. The van der Waals surface area contributed by atoms with E-state index < -0.39 is 0 Å². The predicted octanol–water partition coefficient (Wildman–Crippen LogP) is 5.08. The summed E-state index contributed by atoms with van der Waals surface area (Å²) in [5.74, 6) is 0.698. The molecule has 0 spiro atoms. The van der Waals surface area contributed by atoms with Gasteiger partial charge in [-0.25, -0.2) is 0 Å². The fourth-order valence-electron chi connectivity index (χ4n) is 2.54. The first-order valence-electron chi connectivity index (χ1n) is 6.42. The van der Waals surface area contributed by atoms with E-state index in [1.807, 2.05) is 48.5 Å². The van der Waals surface area contributed by atoms with Crippen LogP contribution in [0.4, 0.5) is 0 Å². The Bertz CT molecular complexity index is 637. The zero-order valence-electron chi connectivity index (χ0n) is 10.6. The third kappa shape index (κ3) is 2.74. The zero-order valence-corrected chi connectivity index (χ0v) is 13.0. The molecule has 1 saturated carbocycles. The summed E-state index contributed by atoms with van der Waals surface area (Å²) in [6.07, 6.45) is 1.01. The fraction of sp³-hybridized carbons (Fsp3) is 0.188. The third-order valence-electron chi connectivity index (χ3n) is 3.69. The van der Waals surface area contributed by atoms with Gasteiger partial charge in [0.25, 0.3) is 0 Å². The maximum Gasteiger partial charge on any atom is 0.0904 e. The van der Waals surface area contributed by atoms with E-state index >= 15 is 0 Å². The summed E-state index contributed by atoms with van der Waals surface area (Å²) in [6.45, 7) is 0. The second kappa shape index (κ2) is 5.58. The molecule has 1 fully saturated rings. The normalized spacial score (nSPS) is 21.8. The predicted molar refractivity (Wildman–Crippen MR) is 84.8 cm³/mol. The highest BCUT2D eigenvalue weighted by atomic mass is 79.9. The first-order valence-corrected chi connectivity index (χ1v) is 7.59. The quantitative estimate of drug-likeness (QED) is 0.467. The third-order valence-corrected chi connectivity index (χ3v) is 4.47. The van der Waals surface area contributed by atoms with Crippen molar-refractivity contribution < 1.29 is 5.21 Å². The van der Waals surface area contributed by atoms with Gasteiger partial charge in [0, 0.05) is 15.4 Å². The van der Waals surface area contributed by atoms with Crippen LogP contribution in [0.3, 0.4) is 0 Å². The van der Waals surface area contributed by atoms with Crippen LogP contribution in [-0.4, -0.2) is 10.9 Å².